The van der Waals surface area contributed by atoms with Crippen LogP contribution in [-0.4, -0.2) is 41.7 Å². The Morgan fingerprint density at radius 1 is 0.846 bits per heavy atom. The number of hydrogen-bond donors (Lipinski definition) is 1. The number of fused-ring (bicyclic) bond motifs is 1. The molecule has 2 bridgehead atoms. The average molecular weight is 750 g/mol. The molecule has 3 unspecified atom stereocenters. The highest BCUT2D eigenvalue weighted by Crippen LogP contribution is 2.59. The van der Waals surface area contributed by atoms with Crippen LogP contribution in [0.3, 0.4) is 0 Å². The smallest absolute Gasteiger partial charge is 0.339 e. The highest BCUT2D eigenvalue weighted by atomic mass is 127. The summed E-state index contributed by atoms with van der Waals surface area (Å²) in [6.07, 6.45) is -0.777. The van der Waals surface area contributed by atoms with Crippen LogP contribution in [0.15, 0.2) is 60.7 Å². The molecule has 4 aliphatic rings. The Morgan fingerprint density at radius 3 is 1.87 bits per heavy atom. The Kier molecular flexibility index (Phi) is 6.86. The van der Waals surface area contributed by atoms with Crippen LogP contribution in [0.2, 0.25) is 0 Å². The second-order valence-electron chi connectivity index (χ2n) is 9.70. The fourth-order valence-corrected chi connectivity index (χ4v) is 8.00. The molecule has 198 valence electrons. The number of benzene rings is 3. The molecule has 1 saturated heterocycles. The summed E-state index contributed by atoms with van der Waals surface area (Å²) in [5.41, 5.74) is 3.56. The van der Waals surface area contributed by atoms with Gasteiger partial charge in [0.2, 0.25) is 0 Å². The molecule has 7 rings (SSSR count). The predicted octanol–water partition coefficient (Wildman–Crippen LogP) is 4.88. The summed E-state index contributed by atoms with van der Waals surface area (Å²) >= 11 is 3.95. The van der Waals surface area contributed by atoms with Gasteiger partial charge in [-0.25, -0.2) is 4.79 Å². The molecule has 0 amide bonds. The normalized spacial score (nSPS) is 24.4. The van der Waals surface area contributed by atoms with E-state index < -0.39 is 53.7 Å². The third-order valence-electron chi connectivity index (χ3n) is 7.53. The minimum absolute atomic E-state index is 0.0313. The first-order valence-corrected chi connectivity index (χ1v) is 14.4. The number of carboxylic acid groups (broad SMARTS) is 1. The Morgan fingerprint density at radius 2 is 1.38 bits per heavy atom. The fraction of sp³-hybridized carbons (Fsp3) is 0.241. The molecule has 0 aromatic heterocycles. The first kappa shape index (κ1) is 26.2. The van der Waals surface area contributed by atoms with Gasteiger partial charge in [-0.3, -0.25) is 14.4 Å². The Bertz CT molecular complexity index is 1500. The lowest BCUT2D eigenvalue weighted by atomic mass is 9.54. The monoisotopic (exact) mass is 750 g/mol. The number of esters is 3. The van der Waals surface area contributed by atoms with Gasteiger partial charge in [0.05, 0.1) is 21.8 Å². The van der Waals surface area contributed by atoms with E-state index in [2.05, 4.69) is 0 Å². The minimum Gasteiger partial charge on any atom is -0.478 e. The van der Waals surface area contributed by atoms with Gasteiger partial charge in [-0.05, 0) is 79.6 Å². The van der Waals surface area contributed by atoms with E-state index in [0.29, 0.717) is 7.14 Å². The summed E-state index contributed by atoms with van der Waals surface area (Å²) in [5.74, 6) is -5.98. The van der Waals surface area contributed by atoms with Crippen molar-refractivity contribution in [3.63, 3.8) is 0 Å². The molecule has 0 saturated carbocycles. The Balaban J connectivity index is 1.46. The van der Waals surface area contributed by atoms with Crippen molar-refractivity contribution in [3.05, 3.63) is 95.6 Å². The zero-order valence-corrected chi connectivity index (χ0v) is 24.5. The molecule has 3 aromatic carbocycles. The summed E-state index contributed by atoms with van der Waals surface area (Å²) < 4.78 is 17.7. The molecule has 3 atom stereocenters. The standard InChI is InChI=1S/C29H20I2O8/c30-13-9-19(27(33)34)26(20(31)10-13)39-29(36)25-23-17-7-3-1-5-15(17)22(16-6-2-4-8-18(16)23)24(25)28(35)38-14-11-21(32)37-12-14/h1-10,14,22-25H,11-12H2,(H,33,34). The van der Waals surface area contributed by atoms with E-state index in [1.54, 1.807) is 6.07 Å². The van der Waals surface area contributed by atoms with Crippen molar-refractivity contribution in [3.8, 4) is 5.75 Å². The fourth-order valence-electron chi connectivity index (χ4n) is 6.04. The van der Waals surface area contributed by atoms with E-state index in [9.17, 15) is 24.3 Å². The van der Waals surface area contributed by atoms with Gasteiger partial charge in [0.25, 0.3) is 0 Å². The van der Waals surface area contributed by atoms with Crippen LogP contribution < -0.4 is 4.74 Å². The maximum atomic E-state index is 14.1. The predicted molar refractivity (Wildman–Crippen MR) is 153 cm³/mol. The zero-order chi connectivity index (χ0) is 27.4. The van der Waals surface area contributed by atoms with E-state index in [1.165, 1.54) is 6.07 Å². The van der Waals surface area contributed by atoms with Crippen molar-refractivity contribution < 1.29 is 38.5 Å². The summed E-state index contributed by atoms with van der Waals surface area (Å²) in [6, 6.07) is 18.5. The number of halogens is 2. The van der Waals surface area contributed by atoms with Gasteiger partial charge in [0.15, 0.2) is 5.75 Å². The SMILES string of the molecule is O=C1CC(OC(=O)C2C3c4ccccc4C(c4ccccc43)C2C(=O)Oc2c(I)cc(I)cc2C(=O)O)CO1. The van der Waals surface area contributed by atoms with Gasteiger partial charge in [0, 0.05) is 15.4 Å². The minimum atomic E-state index is -1.23. The van der Waals surface area contributed by atoms with Gasteiger partial charge in [-0.1, -0.05) is 48.5 Å². The maximum absolute atomic E-state index is 14.1. The molecule has 0 spiro atoms. The van der Waals surface area contributed by atoms with Crippen LogP contribution in [0.1, 0.15) is 50.9 Å². The van der Waals surface area contributed by atoms with Gasteiger partial charge >= 0.3 is 23.9 Å². The lowest BCUT2D eigenvalue weighted by Crippen LogP contribution is -2.49. The topological polar surface area (TPSA) is 116 Å². The van der Waals surface area contributed by atoms with Gasteiger partial charge in [0.1, 0.15) is 18.3 Å². The van der Waals surface area contributed by atoms with Crippen molar-refractivity contribution in [2.45, 2.75) is 24.4 Å². The first-order valence-electron chi connectivity index (χ1n) is 12.2. The molecule has 1 heterocycles. The van der Waals surface area contributed by atoms with E-state index >= 15 is 0 Å². The summed E-state index contributed by atoms with van der Waals surface area (Å²) in [7, 11) is 0. The van der Waals surface area contributed by atoms with E-state index in [4.69, 9.17) is 14.2 Å². The molecular weight excluding hydrogens is 730 g/mol. The lowest BCUT2D eigenvalue weighted by molar-refractivity contribution is -0.163. The number of ether oxygens (including phenoxy) is 3. The highest BCUT2D eigenvalue weighted by molar-refractivity contribution is 14.1. The van der Waals surface area contributed by atoms with E-state index in [0.717, 1.165) is 22.3 Å². The molecule has 1 aliphatic heterocycles. The van der Waals surface area contributed by atoms with Crippen molar-refractivity contribution in [2.75, 3.05) is 6.61 Å². The molecule has 39 heavy (non-hydrogen) atoms. The molecule has 1 N–H and O–H groups in total. The molecule has 3 aliphatic carbocycles. The molecule has 10 heteroatoms. The largest absolute Gasteiger partial charge is 0.478 e. The van der Waals surface area contributed by atoms with Crippen LogP contribution in [0.5, 0.6) is 5.75 Å². The Labute approximate surface area is 250 Å². The number of aromatic carboxylic acids is 1. The van der Waals surface area contributed by atoms with Crippen LogP contribution >= 0.6 is 45.2 Å². The molecular formula is C29H20I2O8. The van der Waals surface area contributed by atoms with Crippen molar-refractivity contribution in [1.29, 1.82) is 0 Å². The number of cyclic esters (lactones) is 1. The number of hydrogen-bond acceptors (Lipinski definition) is 7. The maximum Gasteiger partial charge on any atom is 0.339 e. The van der Waals surface area contributed by atoms with Gasteiger partial charge in [-0.2, -0.15) is 0 Å². The van der Waals surface area contributed by atoms with Gasteiger partial charge in [-0.15, -0.1) is 0 Å². The van der Waals surface area contributed by atoms with Crippen LogP contribution in [-0.2, 0) is 23.9 Å². The lowest BCUT2D eigenvalue weighted by Gasteiger charge is -2.48. The summed E-state index contributed by atoms with van der Waals surface area (Å²) in [4.78, 5) is 51.6. The van der Waals surface area contributed by atoms with Gasteiger partial charge < -0.3 is 19.3 Å². The second-order valence-corrected chi connectivity index (χ2v) is 12.1. The Hall–Kier alpha value is -3.00. The van der Waals surface area contributed by atoms with E-state index in [-0.39, 0.29) is 24.3 Å². The van der Waals surface area contributed by atoms with Crippen LogP contribution in [0, 0.1) is 19.0 Å². The molecule has 1 fully saturated rings. The molecule has 8 nitrogen and oxygen atoms in total. The van der Waals surface area contributed by atoms with Crippen molar-refractivity contribution >= 4 is 69.1 Å². The summed E-state index contributed by atoms with van der Waals surface area (Å²) in [5, 5.41) is 9.81. The van der Waals surface area contributed by atoms with E-state index in [1.807, 2.05) is 93.7 Å². The number of carbonyl (C=O) groups excluding carboxylic acids is 3. The number of carboxylic acids is 1. The van der Waals surface area contributed by atoms with Crippen LogP contribution in [0.25, 0.3) is 0 Å². The first-order chi connectivity index (χ1) is 18.7. The summed E-state index contributed by atoms with van der Waals surface area (Å²) in [6.45, 7) is -0.0313. The average Bonchev–Trinajstić information content (AvgIpc) is 3.33. The number of carbonyl (C=O) groups is 4. The third kappa shape index (κ3) is 4.50. The van der Waals surface area contributed by atoms with Crippen LogP contribution in [0.4, 0.5) is 0 Å². The highest BCUT2D eigenvalue weighted by Gasteiger charge is 2.57. The second kappa shape index (κ2) is 10.2. The van der Waals surface area contributed by atoms with Crippen molar-refractivity contribution in [1.82, 2.24) is 0 Å². The molecule has 3 aromatic rings. The van der Waals surface area contributed by atoms with Crippen molar-refractivity contribution in [2.24, 2.45) is 11.8 Å². The number of rotatable bonds is 5. The quantitative estimate of drug-likeness (QED) is 0.223. The molecule has 0 radical (unpaired) electrons. The third-order valence-corrected chi connectivity index (χ3v) is 8.95. The zero-order valence-electron chi connectivity index (χ0n) is 20.1.